The second-order valence-electron chi connectivity index (χ2n) is 8.41. The zero-order valence-corrected chi connectivity index (χ0v) is 17.2. The van der Waals surface area contributed by atoms with E-state index >= 15 is 0 Å². The van der Waals surface area contributed by atoms with Crippen LogP contribution in [0.4, 0.5) is 5.69 Å². The summed E-state index contributed by atoms with van der Waals surface area (Å²) in [5, 5.41) is 11.6. The Morgan fingerprint density at radius 3 is 2.68 bits per heavy atom. The van der Waals surface area contributed by atoms with Crippen molar-refractivity contribution in [3.05, 3.63) is 29.5 Å². The minimum atomic E-state index is 0.324. The number of hydrogen-bond donors (Lipinski definition) is 2. The van der Waals surface area contributed by atoms with Gasteiger partial charge in [0.25, 0.3) is 0 Å². The predicted octanol–water partition coefficient (Wildman–Crippen LogP) is 4.15. The van der Waals surface area contributed by atoms with Crippen LogP contribution in [-0.2, 0) is 11.2 Å². The van der Waals surface area contributed by atoms with E-state index in [1.807, 2.05) is 6.20 Å². The third-order valence-corrected chi connectivity index (χ3v) is 6.59. The number of anilines is 1. The molecule has 0 amide bonds. The first-order valence-corrected chi connectivity index (χ1v) is 10.8. The van der Waals surface area contributed by atoms with Crippen molar-refractivity contribution in [1.82, 2.24) is 5.32 Å². The van der Waals surface area contributed by atoms with Gasteiger partial charge in [0, 0.05) is 67.1 Å². The number of nitrogens with one attached hydrogen (secondary N) is 2. The highest BCUT2D eigenvalue weighted by Crippen LogP contribution is 2.42. The minimum absolute atomic E-state index is 0.324. The minimum Gasteiger partial charge on any atom is -0.489 e. The number of rotatable bonds is 6. The van der Waals surface area contributed by atoms with Crippen molar-refractivity contribution < 1.29 is 9.47 Å². The number of fused-ring (bicyclic) bond motifs is 1. The Balaban J connectivity index is 1.66. The van der Waals surface area contributed by atoms with Crippen molar-refractivity contribution in [2.24, 2.45) is 0 Å². The fraction of sp³-hybridized carbons (Fsp3) is 0.609. The summed E-state index contributed by atoms with van der Waals surface area (Å²) in [6.45, 7) is 3.90. The topological polar surface area (TPSA) is 57.6 Å². The maximum Gasteiger partial charge on any atom is 0.132 e. The van der Waals surface area contributed by atoms with Gasteiger partial charge in [-0.05, 0) is 64.0 Å². The summed E-state index contributed by atoms with van der Waals surface area (Å²) in [5.41, 5.74) is 4.52. The van der Waals surface area contributed by atoms with Gasteiger partial charge >= 0.3 is 0 Å². The van der Waals surface area contributed by atoms with E-state index in [4.69, 9.17) is 14.9 Å². The molecule has 1 saturated heterocycles. The Morgan fingerprint density at radius 2 is 2.00 bits per heavy atom. The zero-order chi connectivity index (χ0) is 19.5. The van der Waals surface area contributed by atoms with Gasteiger partial charge in [0.1, 0.15) is 5.75 Å². The summed E-state index contributed by atoms with van der Waals surface area (Å²) < 4.78 is 12.0. The summed E-state index contributed by atoms with van der Waals surface area (Å²) in [7, 11) is 2.18. The lowest BCUT2D eigenvalue weighted by Gasteiger charge is -2.37. The van der Waals surface area contributed by atoms with Crippen LogP contribution in [0.2, 0.25) is 0 Å². The van der Waals surface area contributed by atoms with Crippen LogP contribution < -0.4 is 15.0 Å². The van der Waals surface area contributed by atoms with Crippen LogP contribution in [0.1, 0.15) is 56.6 Å². The molecule has 0 spiro atoms. The summed E-state index contributed by atoms with van der Waals surface area (Å²) in [6.07, 6.45) is 11.5. The van der Waals surface area contributed by atoms with Gasteiger partial charge in [0.15, 0.2) is 0 Å². The number of nitrogens with zero attached hydrogens (tertiary/aromatic N) is 1. The molecule has 2 fully saturated rings. The number of allylic oxidation sites excluding steroid dienone is 1. The number of hydrogen-bond acceptors (Lipinski definition) is 5. The fourth-order valence-corrected chi connectivity index (χ4v) is 4.26. The Bertz CT molecular complexity index is 736. The molecule has 152 valence electrons. The first kappa shape index (κ1) is 19.3. The van der Waals surface area contributed by atoms with Gasteiger partial charge in [-0.1, -0.05) is 0 Å². The molecule has 5 nitrogen and oxygen atoms in total. The average Bonchev–Trinajstić information content (AvgIpc) is 2.69. The van der Waals surface area contributed by atoms with Gasteiger partial charge in [0.05, 0.1) is 6.10 Å². The average molecular weight is 384 g/mol. The molecule has 2 heterocycles. The van der Waals surface area contributed by atoms with E-state index in [1.165, 1.54) is 23.9 Å². The summed E-state index contributed by atoms with van der Waals surface area (Å²) in [6, 6.07) is 5.32. The lowest BCUT2D eigenvalue weighted by Crippen LogP contribution is -2.34. The van der Waals surface area contributed by atoms with Gasteiger partial charge in [0.2, 0.25) is 0 Å². The van der Waals surface area contributed by atoms with E-state index in [9.17, 15) is 0 Å². The summed E-state index contributed by atoms with van der Waals surface area (Å²) >= 11 is 0. The maximum atomic E-state index is 8.04. The van der Waals surface area contributed by atoms with Crippen LogP contribution in [0.5, 0.6) is 5.75 Å². The molecule has 28 heavy (non-hydrogen) atoms. The molecule has 0 aromatic heterocycles. The lowest BCUT2D eigenvalue weighted by atomic mass is 9.91. The van der Waals surface area contributed by atoms with Gasteiger partial charge in [-0.15, -0.1) is 0 Å². The van der Waals surface area contributed by atoms with Crippen molar-refractivity contribution in [1.29, 1.82) is 5.41 Å². The Labute approximate surface area is 168 Å². The van der Waals surface area contributed by atoms with E-state index in [0.29, 0.717) is 18.2 Å². The van der Waals surface area contributed by atoms with E-state index < -0.39 is 0 Å². The molecule has 5 heteroatoms. The molecule has 1 atom stereocenters. The highest BCUT2D eigenvalue weighted by Gasteiger charge is 2.28. The van der Waals surface area contributed by atoms with Crippen molar-refractivity contribution >= 4 is 17.5 Å². The molecule has 2 aliphatic heterocycles. The second kappa shape index (κ2) is 8.56. The number of benzene rings is 1. The van der Waals surface area contributed by atoms with Crippen LogP contribution in [0, 0.1) is 5.41 Å². The monoisotopic (exact) mass is 383 g/mol. The molecule has 0 bridgehead atoms. The highest BCUT2D eigenvalue weighted by molar-refractivity contribution is 6.09. The molecular weight excluding hydrogens is 350 g/mol. The summed E-state index contributed by atoms with van der Waals surface area (Å²) in [4.78, 5) is 2.37. The van der Waals surface area contributed by atoms with Gasteiger partial charge < -0.3 is 25.1 Å². The van der Waals surface area contributed by atoms with Crippen LogP contribution >= 0.6 is 0 Å². The lowest BCUT2D eigenvalue weighted by molar-refractivity contribution is 0.0812. The molecule has 0 radical (unpaired) electrons. The van der Waals surface area contributed by atoms with Crippen molar-refractivity contribution in [2.45, 2.75) is 70.1 Å². The van der Waals surface area contributed by atoms with Crippen molar-refractivity contribution in [3.8, 4) is 5.75 Å². The molecular formula is C23H33N3O2. The van der Waals surface area contributed by atoms with E-state index in [1.54, 1.807) is 0 Å². The SMILES string of the molecule is CC1CCc2c(ccc(/C(C=N)=C/NC3CCOCC3)c2OC2CCC2)N1C. The highest BCUT2D eigenvalue weighted by atomic mass is 16.5. The smallest absolute Gasteiger partial charge is 0.132 e. The van der Waals surface area contributed by atoms with E-state index in [-0.39, 0.29) is 0 Å². The van der Waals surface area contributed by atoms with Crippen molar-refractivity contribution in [3.63, 3.8) is 0 Å². The Hall–Kier alpha value is -2.01. The molecule has 1 saturated carbocycles. The van der Waals surface area contributed by atoms with Gasteiger partial charge in [-0.25, -0.2) is 0 Å². The molecule has 2 N–H and O–H groups in total. The van der Waals surface area contributed by atoms with Gasteiger partial charge in [-0.3, -0.25) is 0 Å². The molecule has 4 rings (SSSR count). The largest absolute Gasteiger partial charge is 0.489 e. The molecule has 1 unspecified atom stereocenters. The van der Waals surface area contributed by atoms with Crippen LogP contribution in [-0.4, -0.2) is 44.7 Å². The first-order chi connectivity index (χ1) is 13.7. The van der Waals surface area contributed by atoms with E-state index in [2.05, 4.69) is 36.3 Å². The molecule has 3 aliphatic rings. The standard InChI is InChI=1S/C23H33N3O2/c1-16-6-7-21-22(26(16)2)9-8-20(23(21)28-19-4-3-5-19)17(14-24)15-25-18-10-12-27-13-11-18/h8-9,14-16,18-19,24-25H,3-7,10-13H2,1-2H3/b17-15+,24-14?. The quantitative estimate of drug-likeness (QED) is 0.725. The van der Waals surface area contributed by atoms with Crippen LogP contribution in [0.3, 0.4) is 0 Å². The Kier molecular flexibility index (Phi) is 5.90. The third-order valence-electron chi connectivity index (χ3n) is 6.59. The van der Waals surface area contributed by atoms with Crippen LogP contribution in [0.15, 0.2) is 18.3 Å². The first-order valence-electron chi connectivity index (χ1n) is 10.8. The normalized spacial score (nSPS) is 23.7. The summed E-state index contributed by atoms with van der Waals surface area (Å²) in [5.74, 6) is 1.00. The maximum absolute atomic E-state index is 8.04. The fourth-order valence-electron chi connectivity index (χ4n) is 4.26. The second-order valence-corrected chi connectivity index (χ2v) is 8.41. The molecule has 1 aromatic carbocycles. The third kappa shape index (κ3) is 3.90. The molecule has 1 aromatic rings. The Morgan fingerprint density at radius 1 is 1.21 bits per heavy atom. The van der Waals surface area contributed by atoms with Crippen molar-refractivity contribution in [2.75, 3.05) is 25.2 Å². The van der Waals surface area contributed by atoms with Gasteiger partial charge in [-0.2, -0.15) is 0 Å². The number of ether oxygens (including phenoxy) is 2. The van der Waals surface area contributed by atoms with E-state index in [0.717, 1.165) is 68.6 Å². The zero-order valence-electron chi connectivity index (χ0n) is 17.2. The van der Waals surface area contributed by atoms with Crippen LogP contribution in [0.25, 0.3) is 5.57 Å². The predicted molar refractivity (Wildman–Crippen MR) is 115 cm³/mol. The molecule has 1 aliphatic carbocycles.